The zero-order valence-corrected chi connectivity index (χ0v) is 8.41. The van der Waals surface area contributed by atoms with Gasteiger partial charge in [0.25, 0.3) is 0 Å². The summed E-state index contributed by atoms with van der Waals surface area (Å²) in [5.41, 5.74) is 0. The van der Waals surface area contributed by atoms with Crippen molar-refractivity contribution in [2.75, 3.05) is 0 Å². The molecule has 1 aromatic rings. The van der Waals surface area contributed by atoms with E-state index in [1.54, 1.807) is 5.38 Å². The Hall–Kier alpha value is 0.740. The largest absolute Gasteiger partial charge is 1.00 e. The molecule has 0 radical (unpaired) electrons. The van der Waals surface area contributed by atoms with Gasteiger partial charge in [-0.3, -0.25) is 0 Å². The molecule has 0 fully saturated rings. The molecule has 0 spiro atoms. The first-order valence-corrected chi connectivity index (χ1v) is 3.79. The summed E-state index contributed by atoms with van der Waals surface area (Å²) in [4.78, 5) is 3.58. The van der Waals surface area contributed by atoms with Crippen LogP contribution in [0.3, 0.4) is 0 Å². The van der Waals surface area contributed by atoms with E-state index in [1.807, 2.05) is 0 Å². The summed E-state index contributed by atoms with van der Waals surface area (Å²) in [5.74, 6) is 0. The topological polar surface area (TPSA) is 50.2 Å². The van der Waals surface area contributed by atoms with E-state index in [1.165, 1.54) is 17.5 Å². The molecule has 1 heterocycles. The minimum atomic E-state index is -1.89. The minimum Gasteiger partial charge on any atom is -1.00 e. The van der Waals surface area contributed by atoms with E-state index >= 15 is 0 Å². The standard InChI is InChI=1S/C3H3NO2S2.Na.H/c5-8(6)3-4-1-2-7-3;;/h1-2H,(H,5,6);;/q;+1;-1. The SMILES string of the molecule is O=S(O)c1nccs1.[H-].[Na+]. The van der Waals surface area contributed by atoms with E-state index in [2.05, 4.69) is 4.98 Å². The number of aromatic nitrogens is 1. The zero-order chi connectivity index (χ0) is 5.98. The van der Waals surface area contributed by atoms with Crippen LogP contribution >= 0.6 is 11.3 Å². The van der Waals surface area contributed by atoms with Crippen molar-refractivity contribution in [2.45, 2.75) is 4.34 Å². The van der Waals surface area contributed by atoms with Crippen molar-refractivity contribution in [2.24, 2.45) is 0 Å². The Morgan fingerprint density at radius 2 is 2.56 bits per heavy atom. The Morgan fingerprint density at radius 1 is 1.89 bits per heavy atom. The van der Waals surface area contributed by atoms with E-state index < -0.39 is 11.1 Å². The first-order chi connectivity index (χ1) is 3.80. The van der Waals surface area contributed by atoms with Crippen LogP contribution in [-0.2, 0) is 11.1 Å². The molecule has 0 saturated carbocycles. The Labute approximate surface area is 82.6 Å². The fourth-order valence-electron chi connectivity index (χ4n) is 0.297. The van der Waals surface area contributed by atoms with Gasteiger partial charge in [-0.05, 0) is 0 Å². The Bertz CT molecular complexity index is 192. The van der Waals surface area contributed by atoms with Crippen molar-refractivity contribution in [3.05, 3.63) is 11.6 Å². The molecule has 9 heavy (non-hydrogen) atoms. The quantitative estimate of drug-likeness (QED) is 0.389. The third kappa shape index (κ3) is 2.88. The maximum absolute atomic E-state index is 10.1. The fourth-order valence-corrected chi connectivity index (χ4v) is 1.30. The zero-order valence-electron chi connectivity index (χ0n) is 5.77. The average Bonchev–Trinajstić information content (AvgIpc) is 2.12. The summed E-state index contributed by atoms with van der Waals surface area (Å²) in [6, 6.07) is 0. The van der Waals surface area contributed by atoms with E-state index in [9.17, 15) is 4.21 Å². The van der Waals surface area contributed by atoms with Crippen LogP contribution in [0.15, 0.2) is 15.9 Å². The molecule has 0 saturated heterocycles. The van der Waals surface area contributed by atoms with Gasteiger partial charge in [-0.15, -0.1) is 11.3 Å². The molecule has 6 heteroatoms. The van der Waals surface area contributed by atoms with Gasteiger partial charge in [0.1, 0.15) is 0 Å². The monoisotopic (exact) mass is 173 g/mol. The van der Waals surface area contributed by atoms with E-state index in [-0.39, 0.29) is 35.3 Å². The molecule has 1 unspecified atom stereocenters. The first kappa shape index (κ1) is 9.74. The first-order valence-electron chi connectivity index (χ1n) is 1.81. The molecular weight excluding hydrogens is 169 g/mol. The van der Waals surface area contributed by atoms with Gasteiger partial charge in [0.15, 0.2) is 0 Å². The second-order valence-corrected chi connectivity index (χ2v) is 3.09. The summed E-state index contributed by atoms with van der Waals surface area (Å²) in [6.07, 6.45) is 1.49. The number of nitrogens with zero attached hydrogens (tertiary/aromatic N) is 1. The number of thiazole rings is 1. The number of hydrogen-bond donors (Lipinski definition) is 1. The second-order valence-electron chi connectivity index (χ2n) is 1.05. The van der Waals surface area contributed by atoms with Crippen molar-refractivity contribution in [1.29, 1.82) is 0 Å². The third-order valence-corrected chi connectivity index (χ3v) is 2.24. The molecule has 0 aliphatic heterocycles. The average molecular weight is 173 g/mol. The van der Waals surface area contributed by atoms with E-state index in [0.29, 0.717) is 0 Å². The van der Waals surface area contributed by atoms with Gasteiger partial charge in [0.2, 0.25) is 15.4 Å². The van der Waals surface area contributed by atoms with Gasteiger partial charge in [-0.1, -0.05) is 0 Å². The minimum absolute atomic E-state index is 0. The van der Waals surface area contributed by atoms with E-state index in [4.69, 9.17) is 4.55 Å². The molecule has 0 aliphatic carbocycles. The summed E-state index contributed by atoms with van der Waals surface area (Å²) in [7, 11) is 0. The van der Waals surface area contributed by atoms with Gasteiger partial charge in [-0.25, -0.2) is 9.19 Å². The van der Waals surface area contributed by atoms with Crippen LogP contribution in [0.1, 0.15) is 1.43 Å². The number of rotatable bonds is 1. The van der Waals surface area contributed by atoms with Crippen LogP contribution in [0.25, 0.3) is 0 Å². The number of hydrogen-bond acceptors (Lipinski definition) is 3. The molecule has 0 amide bonds. The Kier molecular flexibility index (Phi) is 4.91. The van der Waals surface area contributed by atoms with Gasteiger partial charge in [0, 0.05) is 11.6 Å². The maximum Gasteiger partial charge on any atom is 1.00 e. The van der Waals surface area contributed by atoms with Crippen LogP contribution in [0, 0.1) is 0 Å². The fraction of sp³-hybridized carbons (Fsp3) is 0. The molecule has 1 atom stereocenters. The molecule has 3 nitrogen and oxygen atoms in total. The molecule has 1 rings (SSSR count). The van der Waals surface area contributed by atoms with E-state index in [0.717, 1.165) is 0 Å². The molecular formula is C3H4NNaO2S2. The summed E-state index contributed by atoms with van der Waals surface area (Å²) >= 11 is -0.721. The van der Waals surface area contributed by atoms with Crippen LogP contribution in [0.4, 0.5) is 0 Å². The molecule has 1 N–H and O–H groups in total. The second kappa shape index (κ2) is 4.54. The van der Waals surface area contributed by atoms with Crippen molar-refractivity contribution < 1.29 is 39.7 Å². The van der Waals surface area contributed by atoms with Crippen molar-refractivity contribution in [1.82, 2.24) is 4.98 Å². The van der Waals surface area contributed by atoms with Crippen molar-refractivity contribution in [3.63, 3.8) is 0 Å². The molecule has 46 valence electrons. The van der Waals surface area contributed by atoms with Gasteiger partial charge >= 0.3 is 29.6 Å². The van der Waals surface area contributed by atoms with Crippen LogP contribution in [-0.4, -0.2) is 13.7 Å². The molecule has 0 aromatic carbocycles. The van der Waals surface area contributed by atoms with Gasteiger partial charge in [0.05, 0.1) is 0 Å². The van der Waals surface area contributed by atoms with Crippen LogP contribution in [0.5, 0.6) is 0 Å². The summed E-state index contributed by atoms with van der Waals surface area (Å²) in [5, 5.41) is 1.66. The van der Waals surface area contributed by atoms with Crippen LogP contribution < -0.4 is 29.6 Å². The van der Waals surface area contributed by atoms with Gasteiger partial charge < -0.3 is 5.98 Å². The van der Waals surface area contributed by atoms with Crippen molar-refractivity contribution >= 4 is 22.4 Å². The molecule has 0 aliphatic rings. The predicted octanol–water partition coefficient (Wildman–Crippen LogP) is -2.16. The molecule has 0 bridgehead atoms. The molecule has 1 aromatic heterocycles. The smallest absolute Gasteiger partial charge is 1.00 e. The Morgan fingerprint density at radius 3 is 2.78 bits per heavy atom. The van der Waals surface area contributed by atoms with Crippen LogP contribution in [0.2, 0.25) is 0 Å². The Balaban J connectivity index is 0. The van der Waals surface area contributed by atoms with Gasteiger partial charge in [-0.2, -0.15) is 0 Å². The predicted molar refractivity (Wildman–Crippen MR) is 32.3 cm³/mol. The summed E-state index contributed by atoms with van der Waals surface area (Å²) < 4.78 is 18.7. The maximum atomic E-state index is 10.1. The third-order valence-electron chi connectivity index (χ3n) is 0.559. The normalized spacial score (nSPS) is 12.1. The summed E-state index contributed by atoms with van der Waals surface area (Å²) in [6.45, 7) is 0. The van der Waals surface area contributed by atoms with Crippen molar-refractivity contribution in [3.8, 4) is 0 Å².